The van der Waals surface area contributed by atoms with Gasteiger partial charge in [-0.3, -0.25) is 0 Å². The Morgan fingerprint density at radius 1 is 1.37 bits per heavy atom. The molecule has 0 heterocycles. The molecule has 2 rings (SSSR count). The van der Waals surface area contributed by atoms with Gasteiger partial charge in [0, 0.05) is 13.1 Å². The fourth-order valence-corrected chi connectivity index (χ4v) is 3.20. The van der Waals surface area contributed by atoms with Crippen molar-refractivity contribution in [1.82, 2.24) is 5.32 Å². The zero-order valence-electron chi connectivity index (χ0n) is 11.3. The summed E-state index contributed by atoms with van der Waals surface area (Å²) in [5.74, 6) is 0.616. The highest BCUT2D eigenvalue weighted by Gasteiger charge is 2.31. The van der Waals surface area contributed by atoms with Gasteiger partial charge in [0.25, 0.3) is 0 Å². The van der Waals surface area contributed by atoms with Gasteiger partial charge >= 0.3 is 0 Å². The van der Waals surface area contributed by atoms with Gasteiger partial charge < -0.3 is 10.4 Å². The highest BCUT2D eigenvalue weighted by molar-refractivity contribution is 6.42. The molecule has 0 saturated heterocycles. The van der Waals surface area contributed by atoms with Crippen LogP contribution < -0.4 is 5.32 Å². The van der Waals surface area contributed by atoms with Crippen molar-refractivity contribution in [2.24, 2.45) is 5.92 Å². The molecule has 1 aliphatic rings. The number of hydrogen-bond acceptors (Lipinski definition) is 2. The summed E-state index contributed by atoms with van der Waals surface area (Å²) >= 11 is 11.9. The molecule has 2 N–H and O–H groups in total. The summed E-state index contributed by atoms with van der Waals surface area (Å²) in [6.45, 7) is 3.55. The van der Waals surface area contributed by atoms with Crippen LogP contribution >= 0.6 is 23.2 Å². The van der Waals surface area contributed by atoms with E-state index in [1.54, 1.807) is 6.07 Å². The first kappa shape index (κ1) is 15.1. The Kier molecular flexibility index (Phi) is 5.13. The number of hydrogen-bond donors (Lipinski definition) is 2. The minimum absolute atomic E-state index is 0.548. The Labute approximate surface area is 125 Å². The Bertz CT molecular complexity index is 438. The Morgan fingerprint density at radius 3 is 2.84 bits per heavy atom. The second-order valence-corrected chi connectivity index (χ2v) is 6.59. The van der Waals surface area contributed by atoms with Crippen LogP contribution in [0.2, 0.25) is 10.0 Å². The van der Waals surface area contributed by atoms with Gasteiger partial charge in [0.15, 0.2) is 0 Å². The molecule has 0 bridgehead atoms. The summed E-state index contributed by atoms with van der Waals surface area (Å²) < 4.78 is 0. The lowest BCUT2D eigenvalue weighted by atomic mass is 9.79. The van der Waals surface area contributed by atoms with Crippen LogP contribution in [0.5, 0.6) is 0 Å². The second-order valence-electron chi connectivity index (χ2n) is 5.78. The lowest BCUT2D eigenvalue weighted by Gasteiger charge is -2.35. The van der Waals surface area contributed by atoms with Crippen LogP contribution in [0.15, 0.2) is 18.2 Å². The van der Waals surface area contributed by atoms with Crippen LogP contribution in [0, 0.1) is 5.92 Å². The van der Waals surface area contributed by atoms with Crippen molar-refractivity contribution in [3.05, 3.63) is 33.8 Å². The number of nitrogens with one attached hydrogen (secondary N) is 1. The maximum absolute atomic E-state index is 10.5. The Hall–Kier alpha value is -0.280. The van der Waals surface area contributed by atoms with E-state index in [2.05, 4.69) is 12.2 Å². The molecule has 2 unspecified atom stereocenters. The van der Waals surface area contributed by atoms with Gasteiger partial charge in [0.05, 0.1) is 15.6 Å². The van der Waals surface area contributed by atoms with Crippen LogP contribution in [0.1, 0.15) is 38.2 Å². The standard InChI is InChI=1S/C15H21Cl2NO/c1-11-3-2-6-15(19,8-11)10-18-9-12-4-5-13(16)14(17)7-12/h4-5,7,11,18-19H,2-3,6,8-10H2,1H3. The average molecular weight is 302 g/mol. The first-order valence-electron chi connectivity index (χ1n) is 6.85. The lowest BCUT2D eigenvalue weighted by Crippen LogP contribution is -2.43. The van der Waals surface area contributed by atoms with Gasteiger partial charge in [0.1, 0.15) is 0 Å². The topological polar surface area (TPSA) is 32.3 Å². The molecule has 1 saturated carbocycles. The lowest BCUT2D eigenvalue weighted by molar-refractivity contribution is -0.0119. The first-order valence-corrected chi connectivity index (χ1v) is 7.61. The molecular formula is C15H21Cl2NO. The first-order chi connectivity index (χ1) is 8.98. The van der Waals surface area contributed by atoms with Crippen molar-refractivity contribution >= 4 is 23.2 Å². The van der Waals surface area contributed by atoms with E-state index in [0.29, 0.717) is 29.1 Å². The minimum atomic E-state index is -0.548. The molecule has 2 nitrogen and oxygen atoms in total. The summed E-state index contributed by atoms with van der Waals surface area (Å²) in [7, 11) is 0. The molecule has 1 aliphatic carbocycles. The van der Waals surface area contributed by atoms with Crippen molar-refractivity contribution in [2.45, 2.75) is 44.8 Å². The molecule has 2 atom stereocenters. The van der Waals surface area contributed by atoms with E-state index in [4.69, 9.17) is 23.2 Å². The van der Waals surface area contributed by atoms with E-state index >= 15 is 0 Å². The van der Waals surface area contributed by atoms with Crippen molar-refractivity contribution < 1.29 is 5.11 Å². The normalized spacial score (nSPS) is 27.5. The molecule has 0 aromatic heterocycles. The molecule has 1 aromatic carbocycles. The van der Waals surface area contributed by atoms with Gasteiger partial charge in [-0.05, 0) is 36.5 Å². The molecule has 0 spiro atoms. The summed E-state index contributed by atoms with van der Waals surface area (Å²) in [6, 6.07) is 5.62. The van der Waals surface area contributed by atoms with Gasteiger partial charge in [0.2, 0.25) is 0 Å². The maximum atomic E-state index is 10.5. The third-order valence-electron chi connectivity index (χ3n) is 3.83. The number of aliphatic hydroxyl groups is 1. The smallest absolute Gasteiger partial charge is 0.0774 e. The van der Waals surface area contributed by atoms with E-state index in [0.717, 1.165) is 24.8 Å². The van der Waals surface area contributed by atoms with Crippen LogP contribution in [0.3, 0.4) is 0 Å². The molecule has 4 heteroatoms. The summed E-state index contributed by atoms with van der Waals surface area (Å²) in [4.78, 5) is 0. The minimum Gasteiger partial charge on any atom is -0.389 e. The summed E-state index contributed by atoms with van der Waals surface area (Å²) in [6.07, 6.45) is 4.13. The van der Waals surface area contributed by atoms with E-state index in [1.165, 1.54) is 6.42 Å². The van der Waals surface area contributed by atoms with E-state index in [-0.39, 0.29) is 0 Å². The van der Waals surface area contributed by atoms with E-state index < -0.39 is 5.60 Å². The highest BCUT2D eigenvalue weighted by Crippen LogP contribution is 2.31. The third kappa shape index (κ3) is 4.35. The second kappa shape index (κ2) is 6.45. The van der Waals surface area contributed by atoms with Crippen molar-refractivity contribution in [3.8, 4) is 0 Å². The van der Waals surface area contributed by atoms with Gasteiger partial charge in [-0.15, -0.1) is 0 Å². The van der Waals surface area contributed by atoms with Crippen molar-refractivity contribution in [2.75, 3.05) is 6.54 Å². The predicted molar refractivity (Wildman–Crippen MR) is 80.8 cm³/mol. The predicted octanol–water partition coefficient (Wildman–Crippen LogP) is 4.02. The summed E-state index contributed by atoms with van der Waals surface area (Å²) in [5.41, 5.74) is 0.537. The quantitative estimate of drug-likeness (QED) is 0.880. The van der Waals surface area contributed by atoms with Crippen LogP contribution in [-0.2, 0) is 6.54 Å². The van der Waals surface area contributed by atoms with Crippen LogP contribution in [0.4, 0.5) is 0 Å². The third-order valence-corrected chi connectivity index (χ3v) is 4.57. The fourth-order valence-electron chi connectivity index (χ4n) is 2.88. The zero-order chi connectivity index (χ0) is 13.9. The summed E-state index contributed by atoms with van der Waals surface area (Å²) in [5, 5.41) is 15.0. The van der Waals surface area contributed by atoms with E-state index in [1.807, 2.05) is 12.1 Å². The number of benzene rings is 1. The van der Waals surface area contributed by atoms with Crippen LogP contribution in [0.25, 0.3) is 0 Å². The molecule has 1 fully saturated rings. The average Bonchev–Trinajstić information content (AvgIpc) is 2.33. The van der Waals surface area contributed by atoms with Crippen molar-refractivity contribution in [3.63, 3.8) is 0 Å². The van der Waals surface area contributed by atoms with Gasteiger partial charge in [-0.1, -0.05) is 49.0 Å². The Balaban J connectivity index is 1.84. The fraction of sp³-hybridized carbons (Fsp3) is 0.600. The molecule has 19 heavy (non-hydrogen) atoms. The molecule has 0 amide bonds. The maximum Gasteiger partial charge on any atom is 0.0774 e. The molecule has 0 aliphatic heterocycles. The number of halogens is 2. The number of rotatable bonds is 4. The Morgan fingerprint density at radius 2 is 2.16 bits per heavy atom. The molecule has 106 valence electrons. The monoisotopic (exact) mass is 301 g/mol. The zero-order valence-corrected chi connectivity index (χ0v) is 12.8. The largest absolute Gasteiger partial charge is 0.389 e. The van der Waals surface area contributed by atoms with Crippen molar-refractivity contribution in [1.29, 1.82) is 0 Å². The van der Waals surface area contributed by atoms with Crippen LogP contribution in [-0.4, -0.2) is 17.3 Å². The van der Waals surface area contributed by atoms with Gasteiger partial charge in [-0.25, -0.2) is 0 Å². The van der Waals surface area contributed by atoms with Gasteiger partial charge in [-0.2, -0.15) is 0 Å². The SMILES string of the molecule is CC1CCCC(O)(CNCc2ccc(Cl)c(Cl)c2)C1. The van der Waals surface area contributed by atoms with E-state index in [9.17, 15) is 5.11 Å². The molecular weight excluding hydrogens is 281 g/mol. The molecule has 1 aromatic rings. The molecule has 0 radical (unpaired) electrons. The highest BCUT2D eigenvalue weighted by atomic mass is 35.5.